The molecule has 0 radical (unpaired) electrons. The summed E-state index contributed by atoms with van der Waals surface area (Å²) in [4.78, 5) is 34.5. The second-order valence-electron chi connectivity index (χ2n) is 10.2. The van der Waals surface area contributed by atoms with Gasteiger partial charge in [0.15, 0.2) is 5.82 Å². The molecule has 1 atom stereocenters. The van der Waals surface area contributed by atoms with Crippen LogP contribution in [0, 0.1) is 0 Å². The zero-order valence-corrected chi connectivity index (χ0v) is 23.3. The predicted octanol–water partition coefficient (Wildman–Crippen LogP) is 4.74. The van der Waals surface area contributed by atoms with Crippen LogP contribution in [0.25, 0.3) is 0 Å². The lowest BCUT2D eigenvalue weighted by Gasteiger charge is -2.25. The number of pyridine rings is 1. The molecule has 36 heavy (non-hydrogen) atoms. The first-order valence-corrected chi connectivity index (χ1v) is 13.9. The Balaban J connectivity index is 1.78. The molecule has 1 N–H and O–H groups in total. The van der Waals surface area contributed by atoms with Crippen molar-refractivity contribution in [2.75, 3.05) is 22.7 Å². The van der Waals surface area contributed by atoms with Gasteiger partial charge in [-0.15, -0.1) is 15.6 Å². The van der Waals surface area contributed by atoms with Crippen molar-refractivity contribution >= 4 is 56.8 Å². The Kier molecular flexibility index (Phi) is 8.06. The summed E-state index contributed by atoms with van der Waals surface area (Å²) in [5.41, 5.74) is -0.123. The number of ether oxygens (including phenoxy) is 2. The van der Waals surface area contributed by atoms with Gasteiger partial charge in [-0.25, -0.2) is 28.0 Å². The third-order valence-electron chi connectivity index (χ3n) is 4.72. The summed E-state index contributed by atoms with van der Waals surface area (Å²) in [7, 11) is -4.44. The van der Waals surface area contributed by atoms with E-state index in [9.17, 15) is 18.0 Å². The quantitative estimate of drug-likeness (QED) is 0.551. The summed E-state index contributed by atoms with van der Waals surface area (Å²) in [5, 5.41) is 4.60. The molecule has 2 aromatic rings. The van der Waals surface area contributed by atoms with Crippen molar-refractivity contribution < 1.29 is 27.5 Å². The molecule has 0 aliphatic carbocycles. The Labute approximate surface area is 219 Å². The first-order chi connectivity index (χ1) is 16.6. The average molecular weight is 560 g/mol. The second-order valence-corrected chi connectivity index (χ2v) is 13.1. The third kappa shape index (κ3) is 6.98. The molecule has 0 spiro atoms. The van der Waals surface area contributed by atoms with E-state index in [0.29, 0.717) is 23.8 Å². The Bertz CT molecular complexity index is 1210. The maximum atomic E-state index is 13.4. The molecule has 0 aromatic carbocycles. The van der Waals surface area contributed by atoms with Crippen molar-refractivity contribution in [1.29, 1.82) is 0 Å². The molecule has 3 heterocycles. The van der Waals surface area contributed by atoms with E-state index in [1.54, 1.807) is 46.4 Å². The van der Waals surface area contributed by atoms with E-state index in [0.717, 1.165) is 17.5 Å². The van der Waals surface area contributed by atoms with E-state index in [1.807, 2.05) is 0 Å². The SMILES string of the molecule is CC(C)(C)OC(=O)N1CC[C@@H](Nc2ncc(S(=O)(=O)N(C(=O)OC(C)(C)C)c3cscn3)cc2Cl)C1. The molecular formula is C22H30ClN5O6S2. The molecule has 0 bridgehead atoms. The van der Waals surface area contributed by atoms with Crippen molar-refractivity contribution in [2.24, 2.45) is 0 Å². The zero-order chi connectivity index (χ0) is 26.9. The van der Waals surface area contributed by atoms with E-state index >= 15 is 0 Å². The highest BCUT2D eigenvalue weighted by Gasteiger charge is 2.37. The van der Waals surface area contributed by atoms with Crippen LogP contribution in [0.4, 0.5) is 21.2 Å². The number of aromatic nitrogens is 2. The molecule has 1 saturated heterocycles. The van der Waals surface area contributed by atoms with E-state index in [4.69, 9.17) is 21.1 Å². The summed E-state index contributed by atoms with van der Waals surface area (Å²) in [6.45, 7) is 11.2. The van der Waals surface area contributed by atoms with Crippen molar-refractivity contribution in [1.82, 2.24) is 14.9 Å². The molecule has 2 aromatic heterocycles. The average Bonchev–Trinajstić information content (AvgIpc) is 3.39. The van der Waals surface area contributed by atoms with Gasteiger partial charge in [-0.2, -0.15) is 0 Å². The molecule has 14 heteroatoms. The number of halogens is 1. The fraction of sp³-hybridized carbons (Fsp3) is 0.545. The smallest absolute Gasteiger partial charge is 0.430 e. The fourth-order valence-corrected chi connectivity index (χ4v) is 5.37. The van der Waals surface area contributed by atoms with E-state index in [2.05, 4.69) is 15.3 Å². The van der Waals surface area contributed by atoms with Gasteiger partial charge >= 0.3 is 12.2 Å². The largest absolute Gasteiger partial charge is 0.444 e. The van der Waals surface area contributed by atoms with Gasteiger partial charge in [-0.3, -0.25) is 0 Å². The number of thiazole rings is 1. The van der Waals surface area contributed by atoms with E-state index in [1.165, 1.54) is 17.0 Å². The van der Waals surface area contributed by atoms with E-state index in [-0.39, 0.29) is 27.6 Å². The van der Waals surface area contributed by atoms with Gasteiger partial charge in [-0.1, -0.05) is 11.6 Å². The van der Waals surface area contributed by atoms with Crippen LogP contribution >= 0.6 is 22.9 Å². The number of rotatable bonds is 5. The Morgan fingerprint density at radius 1 is 1.17 bits per heavy atom. The minimum atomic E-state index is -4.44. The lowest BCUT2D eigenvalue weighted by Crippen LogP contribution is -2.41. The van der Waals surface area contributed by atoms with Crippen molar-refractivity contribution in [3.05, 3.63) is 28.2 Å². The standard InChI is InChI=1S/C22H30ClN5O6S2/c1-21(2,3)33-19(29)27-8-7-14(11-27)26-18-16(23)9-15(10-24-18)36(31,32)28(17-12-35-13-25-17)20(30)34-22(4,5)6/h9-10,12-14H,7-8,11H2,1-6H3,(H,24,26)/t14-/m1/s1. The van der Waals surface area contributed by atoms with Crippen molar-refractivity contribution in [3.8, 4) is 0 Å². The van der Waals surface area contributed by atoms with Crippen LogP contribution in [0.3, 0.4) is 0 Å². The summed E-state index contributed by atoms with van der Waals surface area (Å²) in [6.07, 6.45) is 0.234. The first-order valence-electron chi connectivity index (χ1n) is 11.1. The Morgan fingerprint density at radius 3 is 2.39 bits per heavy atom. The van der Waals surface area contributed by atoms with Crippen LogP contribution in [0.1, 0.15) is 48.0 Å². The molecule has 3 rings (SSSR count). The Hall–Kier alpha value is -2.64. The predicted molar refractivity (Wildman–Crippen MR) is 137 cm³/mol. The molecule has 0 unspecified atom stereocenters. The zero-order valence-electron chi connectivity index (χ0n) is 20.9. The van der Waals surface area contributed by atoms with Crippen molar-refractivity contribution in [3.63, 3.8) is 0 Å². The summed E-state index contributed by atoms with van der Waals surface area (Å²) < 4.78 is 38.0. The normalized spacial score (nSPS) is 16.5. The number of hydrogen-bond acceptors (Lipinski definition) is 10. The topological polar surface area (TPSA) is 131 Å². The van der Waals surface area contributed by atoms with Gasteiger partial charge in [0.25, 0.3) is 10.0 Å². The maximum Gasteiger partial charge on any atom is 0.430 e. The summed E-state index contributed by atoms with van der Waals surface area (Å²) in [6, 6.07) is 1.05. The molecule has 1 aliphatic heterocycles. The lowest BCUT2D eigenvalue weighted by atomic mass is 10.2. The molecular weight excluding hydrogens is 530 g/mol. The van der Waals surface area contributed by atoms with Crippen LogP contribution in [0.2, 0.25) is 5.02 Å². The number of sulfonamides is 1. The minimum Gasteiger partial charge on any atom is -0.444 e. The number of likely N-dealkylation sites (tertiary alicyclic amines) is 1. The van der Waals surface area contributed by atoms with Crippen LogP contribution in [-0.2, 0) is 19.5 Å². The van der Waals surface area contributed by atoms with Crippen LogP contribution in [0.15, 0.2) is 28.0 Å². The third-order valence-corrected chi connectivity index (χ3v) is 7.22. The van der Waals surface area contributed by atoms with Crippen LogP contribution < -0.4 is 9.62 Å². The Morgan fingerprint density at radius 2 is 1.83 bits per heavy atom. The van der Waals surface area contributed by atoms with Gasteiger partial charge in [0.2, 0.25) is 0 Å². The van der Waals surface area contributed by atoms with Crippen molar-refractivity contribution in [2.45, 2.75) is 70.1 Å². The lowest BCUT2D eigenvalue weighted by molar-refractivity contribution is 0.0293. The highest BCUT2D eigenvalue weighted by Crippen LogP contribution is 2.30. The molecule has 11 nitrogen and oxygen atoms in total. The fourth-order valence-electron chi connectivity index (χ4n) is 3.26. The van der Waals surface area contributed by atoms with E-state index < -0.39 is 33.4 Å². The number of carbonyl (C=O) groups is 2. The molecule has 1 aliphatic rings. The number of hydrogen-bond donors (Lipinski definition) is 1. The number of nitrogens with one attached hydrogen (secondary N) is 1. The van der Waals surface area contributed by atoms with Crippen LogP contribution in [-0.4, -0.2) is 65.8 Å². The number of carbonyl (C=O) groups excluding carboxylic acids is 2. The minimum absolute atomic E-state index is 0.0363. The van der Waals surface area contributed by atoms with Gasteiger partial charge in [-0.05, 0) is 54.0 Å². The molecule has 0 saturated carbocycles. The van der Waals surface area contributed by atoms with Gasteiger partial charge in [0.1, 0.15) is 21.9 Å². The number of amides is 2. The van der Waals surface area contributed by atoms with Gasteiger partial charge in [0.05, 0.1) is 10.5 Å². The summed E-state index contributed by atoms with van der Waals surface area (Å²) >= 11 is 7.50. The monoisotopic (exact) mass is 559 g/mol. The molecule has 2 amide bonds. The molecule has 198 valence electrons. The van der Waals surface area contributed by atoms with Crippen LogP contribution in [0.5, 0.6) is 0 Å². The first kappa shape index (κ1) is 27.9. The number of anilines is 2. The molecule has 1 fully saturated rings. The maximum absolute atomic E-state index is 13.4. The number of nitrogens with zero attached hydrogens (tertiary/aromatic N) is 4. The highest BCUT2D eigenvalue weighted by molar-refractivity contribution is 7.93. The highest BCUT2D eigenvalue weighted by atomic mass is 35.5. The van der Waals surface area contributed by atoms with Gasteiger partial charge in [0, 0.05) is 30.7 Å². The second kappa shape index (κ2) is 10.4. The van der Waals surface area contributed by atoms with Gasteiger partial charge < -0.3 is 19.7 Å². The summed E-state index contributed by atoms with van der Waals surface area (Å²) in [5.74, 6) is 0.157.